The molecule has 0 bridgehead atoms. The van der Waals surface area contributed by atoms with E-state index in [-0.39, 0.29) is 42.4 Å². The van der Waals surface area contributed by atoms with E-state index in [0.717, 1.165) is 29.1 Å². The molecule has 1 N–H and O–H groups in total. The predicted octanol–water partition coefficient (Wildman–Crippen LogP) is 4.38. The number of rotatable bonds is 10. The first kappa shape index (κ1) is 24.8. The Morgan fingerprint density at radius 2 is 1.74 bits per heavy atom. The average molecular weight is 453 g/mol. The molecule has 2 aromatic carbocycles. The maximum absolute atomic E-state index is 13.5. The summed E-state index contributed by atoms with van der Waals surface area (Å²) in [6.45, 7) is 6.17. The Hall–Kier alpha value is -2.48. The first-order valence-corrected chi connectivity index (χ1v) is 12.0. The Morgan fingerprint density at radius 3 is 2.32 bits per heavy atom. The monoisotopic (exact) mass is 452 g/mol. The highest BCUT2D eigenvalue weighted by atomic mass is 32.2. The molecule has 0 saturated carbocycles. The highest BCUT2D eigenvalue weighted by molar-refractivity contribution is 7.92. The van der Waals surface area contributed by atoms with Gasteiger partial charge in [0.05, 0.1) is 11.9 Å². The van der Waals surface area contributed by atoms with Gasteiger partial charge in [-0.1, -0.05) is 44.2 Å². The third kappa shape index (κ3) is 7.31. The number of anilines is 1. The second-order valence-electron chi connectivity index (χ2n) is 8.46. The van der Waals surface area contributed by atoms with Crippen molar-refractivity contribution in [1.82, 2.24) is 5.32 Å². The van der Waals surface area contributed by atoms with Gasteiger partial charge in [0.25, 0.3) is 0 Å². The fourth-order valence-electron chi connectivity index (χ4n) is 3.68. The van der Waals surface area contributed by atoms with Gasteiger partial charge in [0.15, 0.2) is 11.6 Å². The van der Waals surface area contributed by atoms with Gasteiger partial charge in [-0.05, 0) is 42.9 Å². The zero-order valence-corrected chi connectivity index (χ0v) is 19.2. The standard InChI is InChI=1S/C23H30F2N2O3S/c1-17(16-23(2,3)18-9-6-5-7-10-18)26-22(28)11-8-14-27(31(4,29)30)19-12-13-20(24)21(25)15-19/h5-7,9-10,12-13,15,17H,8,11,14,16H2,1-4H3,(H,26,28). The summed E-state index contributed by atoms with van der Waals surface area (Å²) in [4.78, 5) is 12.4. The van der Waals surface area contributed by atoms with E-state index < -0.39 is 21.7 Å². The topological polar surface area (TPSA) is 66.5 Å². The minimum atomic E-state index is -3.71. The fourth-order valence-corrected chi connectivity index (χ4v) is 4.64. The fraction of sp³-hybridized carbons (Fsp3) is 0.435. The number of nitrogens with one attached hydrogen (secondary N) is 1. The molecule has 170 valence electrons. The number of hydrogen-bond acceptors (Lipinski definition) is 3. The summed E-state index contributed by atoms with van der Waals surface area (Å²) in [6.07, 6.45) is 2.09. The van der Waals surface area contributed by atoms with E-state index in [2.05, 4.69) is 31.3 Å². The maximum atomic E-state index is 13.5. The lowest BCUT2D eigenvalue weighted by atomic mass is 9.79. The molecule has 31 heavy (non-hydrogen) atoms. The number of halogens is 2. The van der Waals surface area contributed by atoms with Gasteiger partial charge < -0.3 is 5.32 Å². The van der Waals surface area contributed by atoms with E-state index in [1.54, 1.807) is 0 Å². The minimum absolute atomic E-state index is 0.0127. The molecule has 0 saturated heterocycles. The average Bonchev–Trinajstić information content (AvgIpc) is 2.67. The number of nitrogens with zero attached hydrogens (tertiary/aromatic N) is 1. The van der Waals surface area contributed by atoms with Crippen molar-refractivity contribution in [3.63, 3.8) is 0 Å². The largest absolute Gasteiger partial charge is 0.354 e. The van der Waals surface area contributed by atoms with Gasteiger partial charge in [-0.3, -0.25) is 9.10 Å². The normalized spacial score (nSPS) is 13.0. The zero-order valence-electron chi connectivity index (χ0n) is 18.4. The van der Waals surface area contributed by atoms with E-state index >= 15 is 0 Å². The third-order valence-electron chi connectivity index (χ3n) is 5.14. The van der Waals surface area contributed by atoms with Crippen molar-refractivity contribution >= 4 is 21.6 Å². The first-order chi connectivity index (χ1) is 14.4. The van der Waals surface area contributed by atoms with Gasteiger partial charge in [-0.2, -0.15) is 0 Å². The third-order valence-corrected chi connectivity index (χ3v) is 6.33. The van der Waals surface area contributed by atoms with Gasteiger partial charge in [-0.15, -0.1) is 0 Å². The molecule has 0 fully saturated rings. The summed E-state index contributed by atoms with van der Waals surface area (Å²) >= 11 is 0. The summed E-state index contributed by atoms with van der Waals surface area (Å²) in [5.41, 5.74) is 1.10. The summed E-state index contributed by atoms with van der Waals surface area (Å²) in [6, 6.07) is 12.9. The van der Waals surface area contributed by atoms with Crippen LogP contribution in [-0.2, 0) is 20.2 Å². The molecule has 0 heterocycles. The molecule has 2 aromatic rings. The van der Waals surface area contributed by atoms with Gasteiger partial charge in [0, 0.05) is 25.1 Å². The number of amides is 1. The maximum Gasteiger partial charge on any atom is 0.232 e. The first-order valence-electron chi connectivity index (χ1n) is 10.2. The molecule has 0 aliphatic rings. The van der Waals surface area contributed by atoms with E-state index in [9.17, 15) is 22.0 Å². The van der Waals surface area contributed by atoms with E-state index in [4.69, 9.17) is 0 Å². The lowest BCUT2D eigenvalue weighted by Gasteiger charge is -2.29. The van der Waals surface area contributed by atoms with Crippen LogP contribution in [-0.4, -0.2) is 33.2 Å². The van der Waals surface area contributed by atoms with Gasteiger partial charge >= 0.3 is 0 Å². The molecule has 0 spiro atoms. The molecule has 0 aliphatic carbocycles. The molecule has 5 nitrogen and oxygen atoms in total. The van der Waals surface area contributed by atoms with Crippen LogP contribution in [0.4, 0.5) is 14.5 Å². The summed E-state index contributed by atoms with van der Waals surface area (Å²) < 4.78 is 51.8. The van der Waals surface area contributed by atoms with E-state index in [1.807, 2.05) is 25.1 Å². The molecule has 8 heteroatoms. The van der Waals surface area contributed by atoms with Crippen molar-refractivity contribution in [1.29, 1.82) is 0 Å². The van der Waals surface area contributed by atoms with Gasteiger partial charge in [0.2, 0.25) is 15.9 Å². The Kier molecular flexibility index (Phi) is 8.17. The van der Waals surface area contributed by atoms with Crippen molar-refractivity contribution in [3.8, 4) is 0 Å². The van der Waals surface area contributed by atoms with Crippen LogP contribution >= 0.6 is 0 Å². The van der Waals surface area contributed by atoms with Crippen molar-refractivity contribution in [3.05, 3.63) is 65.7 Å². The van der Waals surface area contributed by atoms with Crippen LogP contribution in [0.15, 0.2) is 48.5 Å². The summed E-state index contributed by atoms with van der Waals surface area (Å²) in [5.74, 6) is -2.36. The van der Waals surface area contributed by atoms with Crippen molar-refractivity contribution in [2.75, 3.05) is 17.1 Å². The number of carbonyl (C=O) groups excluding carboxylic acids is 1. The molecular formula is C23H30F2N2O3S. The van der Waals surface area contributed by atoms with Crippen LogP contribution in [0.5, 0.6) is 0 Å². The highest BCUT2D eigenvalue weighted by Gasteiger charge is 2.24. The highest BCUT2D eigenvalue weighted by Crippen LogP contribution is 2.28. The van der Waals surface area contributed by atoms with E-state index in [1.165, 1.54) is 11.6 Å². The number of hydrogen-bond donors (Lipinski definition) is 1. The molecule has 1 amide bonds. The van der Waals surface area contributed by atoms with Crippen LogP contribution in [0.25, 0.3) is 0 Å². The van der Waals surface area contributed by atoms with Gasteiger partial charge in [0.1, 0.15) is 0 Å². The Morgan fingerprint density at radius 1 is 1.10 bits per heavy atom. The van der Waals surface area contributed by atoms with Crippen LogP contribution in [0.2, 0.25) is 0 Å². The SMILES string of the molecule is CC(CC(C)(C)c1ccccc1)NC(=O)CCCN(c1ccc(F)c(F)c1)S(C)(=O)=O. The number of sulfonamides is 1. The van der Waals surface area contributed by atoms with E-state index in [0.29, 0.717) is 0 Å². The molecule has 2 rings (SSSR count). The van der Waals surface area contributed by atoms with Gasteiger partial charge in [-0.25, -0.2) is 17.2 Å². The summed E-state index contributed by atoms with van der Waals surface area (Å²) in [5, 5.41) is 2.96. The molecule has 0 aromatic heterocycles. The zero-order chi connectivity index (χ0) is 23.2. The molecule has 1 unspecified atom stereocenters. The quantitative estimate of drug-likeness (QED) is 0.582. The lowest BCUT2D eigenvalue weighted by molar-refractivity contribution is -0.121. The minimum Gasteiger partial charge on any atom is -0.354 e. The van der Waals surface area contributed by atoms with Crippen LogP contribution in [0.3, 0.4) is 0 Å². The van der Waals surface area contributed by atoms with Crippen LogP contribution in [0.1, 0.15) is 45.6 Å². The molecular weight excluding hydrogens is 422 g/mol. The number of benzene rings is 2. The second-order valence-corrected chi connectivity index (χ2v) is 10.4. The lowest BCUT2D eigenvalue weighted by Crippen LogP contribution is -2.38. The van der Waals surface area contributed by atoms with Crippen molar-refractivity contribution in [2.45, 2.75) is 51.5 Å². The molecule has 0 aliphatic heterocycles. The van der Waals surface area contributed by atoms with Crippen LogP contribution < -0.4 is 9.62 Å². The van der Waals surface area contributed by atoms with Crippen LogP contribution in [0, 0.1) is 11.6 Å². The van der Waals surface area contributed by atoms with Crippen molar-refractivity contribution < 1.29 is 22.0 Å². The molecule has 0 radical (unpaired) electrons. The predicted molar refractivity (Wildman–Crippen MR) is 119 cm³/mol. The van der Waals surface area contributed by atoms with Crippen molar-refractivity contribution in [2.24, 2.45) is 0 Å². The Balaban J connectivity index is 1.91. The number of carbonyl (C=O) groups is 1. The Labute approximate surface area is 183 Å². The smallest absolute Gasteiger partial charge is 0.232 e. The second kappa shape index (κ2) is 10.2. The molecule has 1 atom stereocenters. The summed E-state index contributed by atoms with van der Waals surface area (Å²) in [7, 11) is -3.71. The Bertz CT molecular complexity index is 995.